The van der Waals surface area contributed by atoms with Gasteiger partial charge in [-0.2, -0.15) is 18.2 Å². The topological polar surface area (TPSA) is 172 Å². The Kier molecular flexibility index (Phi) is 13.2. The van der Waals surface area contributed by atoms with E-state index >= 15 is 0 Å². The van der Waals surface area contributed by atoms with Crippen LogP contribution in [0.2, 0.25) is 0 Å². The van der Waals surface area contributed by atoms with Gasteiger partial charge in [-0.05, 0) is 82.6 Å². The first-order valence-corrected chi connectivity index (χ1v) is 16.6. The Balaban J connectivity index is 0.000000771. The van der Waals surface area contributed by atoms with E-state index in [-0.39, 0.29) is 0 Å². The maximum Gasteiger partial charge on any atom is 0.490 e. The normalized spacial score (nSPS) is 16.8. The van der Waals surface area contributed by atoms with Crippen molar-refractivity contribution in [2.24, 2.45) is 11.8 Å². The van der Waals surface area contributed by atoms with Gasteiger partial charge in [-0.1, -0.05) is 30.3 Å². The van der Waals surface area contributed by atoms with Crippen LogP contribution in [0, 0.1) is 11.8 Å². The lowest BCUT2D eigenvalue weighted by Crippen LogP contribution is -2.35. The molecule has 1 aromatic heterocycles. The number of para-hydroxylation sites is 1. The molecule has 4 rings (SSSR count). The van der Waals surface area contributed by atoms with Crippen molar-refractivity contribution in [3.63, 3.8) is 0 Å². The first kappa shape index (κ1) is 37.3. The van der Waals surface area contributed by atoms with Gasteiger partial charge in [0.1, 0.15) is 11.4 Å². The van der Waals surface area contributed by atoms with Gasteiger partial charge in [-0.15, -0.1) is 0 Å². The molecule has 2 aromatic carbocycles. The van der Waals surface area contributed by atoms with Gasteiger partial charge >= 0.3 is 18.2 Å². The lowest BCUT2D eigenvalue weighted by molar-refractivity contribution is -0.192. The Morgan fingerprint density at radius 1 is 0.872 bits per heavy atom. The Hall–Kier alpha value is -4.18. The first-order valence-electron chi connectivity index (χ1n) is 15.1. The molecule has 0 radical (unpaired) electrons. The Labute approximate surface area is 272 Å². The average molecular weight is 683 g/mol. The van der Waals surface area contributed by atoms with E-state index in [9.17, 15) is 26.4 Å². The molecule has 5 N–H and O–H groups in total. The molecule has 12 nitrogen and oxygen atoms in total. The number of carbonyl (C=O) groups is 2. The van der Waals surface area contributed by atoms with Crippen LogP contribution >= 0.6 is 0 Å². The number of amides is 1. The van der Waals surface area contributed by atoms with Gasteiger partial charge in [0.2, 0.25) is 16.0 Å². The minimum Gasteiger partial charge on any atom is -0.475 e. The van der Waals surface area contributed by atoms with Gasteiger partial charge in [-0.25, -0.2) is 27.7 Å². The summed E-state index contributed by atoms with van der Waals surface area (Å²) in [4.78, 5) is 30.5. The van der Waals surface area contributed by atoms with Gasteiger partial charge in [0.15, 0.2) is 0 Å². The largest absolute Gasteiger partial charge is 0.490 e. The monoisotopic (exact) mass is 682 g/mol. The number of carboxylic acid groups (broad SMARTS) is 1. The van der Waals surface area contributed by atoms with Crippen molar-refractivity contribution < 1.29 is 41.0 Å². The summed E-state index contributed by atoms with van der Waals surface area (Å²) in [5.74, 6) is -0.705. The lowest BCUT2D eigenvalue weighted by Gasteiger charge is -2.28. The second-order valence-corrected chi connectivity index (χ2v) is 13.8. The van der Waals surface area contributed by atoms with Crippen molar-refractivity contribution in [2.75, 3.05) is 36.8 Å². The second-order valence-electron chi connectivity index (χ2n) is 12.0. The minimum absolute atomic E-state index is 0.302. The van der Waals surface area contributed by atoms with E-state index in [2.05, 4.69) is 25.7 Å². The van der Waals surface area contributed by atoms with Crippen molar-refractivity contribution >= 4 is 44.8 Å². The zero-order chi connectivity index (χ0) is 34.7. The summed E-state index contributed by atoms with van der Waals surface area (Å²) in [7, 11) is -3.47. The number of nitrogens with zero attached hydrogens (tertiary/aromatic N) is 2. The molecule has 1 amide bonds. The molecule has 47 heavy (non-hydrogen) atoms. The van der Waals surface area contributed by atoms with Gasteiger partial charge < -0.3 is 25.8 Å². The van der Waals surface area contributed by atoms with Crippen LogP contribution in [-0.4, -0.2) is 73.5 Å². The number of ether oxygens (including phenoxy) is 1. The molecule has 3 aromatic rings. The molecule has 1 aliphatic rings. The van der Waals surface area contributed by atoms with Gasteiger partial charge in [0.05, 0.1) is 10.4 Å². The number of fused-ring (bicyclic) bond motifs is 1. The summed E-state index contributed by atoms with van der Waals surface area (Å²) in [5.41, 5.74) is 0.289. The fourth-order valence-electron chi connectivity index (χ4n) is 4.74. The van der Waals surface area contributed by atoms with E-state index in [1.54, 1.807) is 30.3 Å². The maximum atomic E-state index is 12.5. The molecule has 0 unspecified atom stereocenters. The smallest absolute Gasteiger partial charge is 0.475 e. The van der Waals surface area contributed by atoms with Gasteiger partial charge in [-0.3, -0.25) is 0 Å². The molecular weight excluding hydrogens is 641 g/mol. The van der Waals surface area contributed by atoms with Crippen LogP contribution in [0.15, 0.2) is 59.5 Å². The number of rotatable bonds is 11. The quantitative estimate of drug-likeness (QED) is 0.165. The average Bonchev–Trinajstić information content (AvgIpc) is 3.01. The highest BCUT2D eigenvalue weighted by Crippen LogP contribution is 2.29. The van der Waals surface area contributed by atoms with Crippen molar-refractivity contribution in [2.45, 2.75) is 63.1 Å². The number of aliphatic carboxylic acids is 1. The summed E-state index contributed by atoms with van der Waals surface area (Å²) in [6.45, 7) is 7.57. The molecule has 1 fully saturated rings. The molecule has 0 bridgehead atoms. The predicted octanol–water partition coefficient (Wildman–Crippen LogP) is 5.40. The maximum absolute atomic E-state index is 12.5. The third kappa shape index (κ3) is 12.9. The van der Waals surface area contributed by atoms with Crippen LogP contribution in [-0.2, 0) is 19.6 Å². The number of aromatic nitrogens is 2. The number of hydrogen-bond acceptors (Lipinski definition) is 9. The summed E-state index contributed by atoms with van der Waals surface area (Å²) in [6, 6.07) is 16.3. The number of carboxylic acids is 1. The number of sulfonamides is 1. The predicted molar refractivity (Wildman–Crippen MR) is 172 cm³/mol. The van der Waals surface area contributed by atoms with Crippen molar-refractivity contribution in [3.8, 4) is 0 Å². The molecule has 0 atom stereocenters. The number of alkyl carbamates (subject to hydrolysis) is 1. The third-order valence-electron chi connectivity index (χ3n) is 7.06. The summed E-state index contributed by atoms with van der Waals surface area (Å²) in [6.07, 6.45) is -1.56. The van der Waals surface area contributed by atoms with E-state index in [1.165, 1.54) is 0 Å². The molecule has 1 saturated carbocycles. The van der Waals surface area contributed by atoms with E-state index in [0.29, 0.717) is 48.1 Å². The van der Waals surface area contributed by atoms with Crippen molar-refractivity contribution in [3.05, 3.63) is 54.6 Å². The molecule has 0 spiro atoms. The number of carbonyl (C=O) groups excluding carboxylic acids is 1. The molecular formula is C31H41F3N6O6S. The van der Waals surface area contributed by atoms with Gasteiger partial charge in [0, 0.05) is 31.6 Å². The lowest BCUT2D eigenvalue weighted by atomic mass is 9.82. The number of nitrogens with one attached hydrogen (secondary N) is 4. The number of anilines is 2. The third-order valence-corrected chi connectivity index (χ3v) is 8.50. The minimum atomic E-state index is -5.08. The van der Waals surface area contributed by atoms with Crippen LogP contribution < -0.4 is 20.7 Å². The number of alkyl halides is 3. The second kappa shape index (κ2) is 16.6. The molecule has 1 heterocycles. The summed E-state index contributed by atoms with van der Waals surface area (Å²) in [5, 5.41) is 17.5. The fraction of sp³-hybridized carbons (Fsp3) is 0.484. The molecule has 258 valence electrons. The Bertz CT molecular complexity index is 1580. The Morgan fingerprint density at radius 3 is 2.04 bits per heavy atom. The molecule has 0 aliphatic heterocycles. The number of halogens is 3. The summed E-state index contributed by atoms with van der Waals surface area (Å²) < 4.78 is 64.8. The van der Waals surface area contributed by atoms with E-state index in [4.69, 9.17) is 19.6 Å². The van der Waals surface area contributed by atoms with Crippen molar-refractivity contribution in [1.29, 1.82) is 0 Å². The zero-order valence-electron chi connectivity index (χ0n) is 26.4. The molecule has 16 heteroatoms. The van der Waals surface area contributed by atoms with E-state index in [0.717, 1.165) is 43.1 Å². The molecule has 0 saturated heterocycles. The number of benzene rings is 2. The van der Waals surface area contributed by atoms with Crippen LogP contribution in [0.1, 0.15) is 46.5 Å². The van der Waals surface area contributed by atoms with Crippen LogP contribution in [0.25, 0.3) is 10.9 Å². The van der Waals surface area contributed by atoms with Crippen LogP contribution in [0.5, 0.6) is 0 Å². The summed E-state index contributed by atoms with van der Waals surface area (Å²) >= 11 is 0. The van der Waals surface area contributed by atoms with Crippen LogP contribution in [0.4, 0.5) is 29.7 Å². The van der Waals surface area contributed by atoms with E-state index in [1.807, 2.05) is 45.0 Å². The Morgan fingerprint density at radius 2 is 1.45 bits per heavy atom. The number of hydrogen-bond donors (Lipinski definition) is 5. The first-order chi connectivity index (χ1) is 22.0. The SMILES string of the molecule is CC(C)(C)OC(=O)NCCNc1nc(NCC2CCC(CNS(=O)(=O)c3ccccc3)CC2)nc2ccccc12.O=C(O)C(F)(F)F. The highest BCUT2D eigenvalue weighted by Gasteiger charge is 2.38. The van der Waals surface area contributed by atoms with E-state index < -0.39 is 33.9 Å². The molecule has 1 aliphatic carbocycles. The fourth-order valence-corrected chi connectivity index (χ4v) is 5.87. The standard InChI is InChI=1S/C29H40N6O4S.C2HF3O2/c1-29(2,3)39-28(36)31-18-17-30-26-24-11-7-8-12-25(24)34-27(35-26)32-19-21-13-15-22(16-14-21)20-33-40(37,38)23-9-5-4-6-10-23;3-2(4,5)1(6)7/h4-12,21-22,33H,13-20H2,1-3H3,(H,31,36)(H2,30,32,34,35);(H,6,7). The zero-order valence-corrected chi connectivity index (χ0v) is 27.2. The van der Waals surface area contributed by atoms with Crippen LogP contribution in [0.3, 0.4) is 0 Å². The van der Waals surface area contributed by atoms with Crippen molar-refractivity contribution in [1.82, 2.24) is 20.0 Å². The van der Waals surface area contributed by atoms with Gasteiger partial charge in [0.25, 0.3) is 0 Å². The highest BCUT2D eigenvalue weighted by atomic mass is 32.2. The highest BCUT2D eigenvalue weighted by molar-refractivity contribution is 7.89.